The molecule has 2 N–H and O–H groups in total. The Bertz CT molecular complexity index is 664. The van der Waals surface area contributed by atoms with E-state index in [1.54, 1.807) is 12.1 Å². The smallest absolute Gasteiger partial charge is 0.257 e. The van der Waals surface area contributed by atoms with Crippen molar-refractivity contribution < 1.29 is 13.2 Å². The minimum atomic E-state index is -3.60. The van der Waals surface area contributed by atoms with Gasteiger partial charge in [-0.15, -0.1) is 4.83 Å². The van der Waals surface area contributed by atoms with Gasteiger partial charge in [-0.25, -0.2) is 8.42 Å². The summed E-state index contributed by atoms with van der Waals surface area (Å²) in [6.45, 7) is 8.93. The normalized spacial score (nSPS) is 20.7. The van der Waals surface area contributed by atoms with Gasteiger partial charge in [-0.2, -0.15) is 0 Å². The third-order valence-corrected chi connectivity index (χ3v) is 5.06. The maximum absolute atomic E-state index is 12.3. The molecule has 0 heterocycles. The van der Waals surface area contributed by atoms with E-state index in [1.807, 2.05) is 6.92 Å². The van der Waals surface area contributed by atoms with E-state index >= 15 is 0 Å². The van der Waals surface area contributed by atoms with Crippen LogP contribution in [0.4, 0.5) is 0 Å². The number of nitrogens with one attached hydrogen (secondary N) is 2. The molecule has 1 atom stereocenters. The van der Waals surface area contributed by atoms with Gasteiger partial charge in [0.15, 0.2) is 0 Å². The van der Waals surface area contributed by atoms with Crippen molar-refractivity contribution in [1.29, 1.82) is 0 Å². The van der Waals surface area contributed by atoms with Crippen LogP contribution in [0.1, 0.15) is 40.5 Å². The second-order valence-electron chi connectivity index (χ2n) is 6.81. The van der Waals surface area contributed by atoms with E-state index in [-0.39, 0.29) is 10.3 Å². The van der Waals surface area contributed by atoms with Gasteiger partial charge in [-0.3, -0.25) is 0 Å². The number of sulfonamides is 1. The molecular formula is C17H26N2O3S. The van der Waals surface area contributed by atoms with Gasteiger partial charge in [-0.1, -0.05) is 26.8 Å². The lowest BCUT2D eigenvalue weighted by atomic mass is 9.76. The summed E-state index contributed by atoms with van der Waals surface area (Å²) in [6, 6.07) is 6.39. The van der Waals surface area contributed by atoms with Crippen molar-refractivity contribution in [3.63, 3.8) is 0 Å². The molecule has 23 heavy (non-hydrogen) atoms. The van der Waals surface area contributed by atoms with E-state index in [1.165, 1.54) is 12.1 Å². The van der Waals surface area contributed by atoms with Gasteiger partial charge < -0.3 is 10.2 Å². The van der Waals surface area contributed by atoms with Crippen LogP contribution in [0.3, 0.4) is 0 Å². The summed E-state index contributed by atoms with van der Waals surface area (Å²) in [5, 5.41) is 0. The lowest BCUT2D eigenvalue weighted by molar-refractivity contribution is 0.313. The number of hydrazine groups is 1. The molecule has 0 aliphatic heterocycles. The van der Waals surface area contributed by atoms with Crippen molar-refractivity contribution in [1.82, 2.24) is 10.3 Å². The zero-order chi connectivity index (χ0) is 17.1. The molecule has 0 saturated carbocycles. The molecule has 1 aromatic rings. The first-order valence-corrected chi connectivity index (χ1v) is 9.42. The molecule has 0 aromatic heterocycles. The van der Waals surface area contributed by atoms with E-state index in [0.29, 0.717) is 18.3 Å². The summed E-state index contributed by atoms with van der Waals surface area (Å²) in [7, 11) is -3.60. The van der Waals surface area contributed by atoms with Crippen molar-refractivity contribution >= 4 is 10.0 Å². The standard InChI is InChI=1S/C17H26N2O3S/c1-5-22-15-6-8-16(9-7-15)23(20,21)19-18-14-10-13(2)11-17(3,4)12-14/h6-9,12-13,18-19H,5,10-11H2,1-4H3/t13-/m0/s1. The van der Waals surface area contributed by atoms with Crippen LogP contribution in [0, 0.1) is 11.3 Å². The number of hydrogen-bond donors (Lipinski definition) is 2. The summed E-state index contributed by atoms with van der Waals surface area (Å²) in [4.78, 5) is 2.67. The molecule has 6 heteroatoms. The molecule has 0 bridgehead atoms. The Morgan fingerprint density at radius 1 is 1.26 bits per heavy atom. The topological polar surface area (TPSA) is 67.4 Å². The predicted molar refractivity (Wildman–Crippen MR) is 91.3 cm³/mol. The van der Waals surface area contributed by atoms with Crippen LogP contribution >= 0.6 is 0 Å². The quantitative estimate of drug-likeness (QED) is 0.782. The van der Waals surface area contributed by atoms with Crippen LogP contribution in [0.2, 0.25) is 0 Å². The Kier molecular flexibility index (Phi) is 5.37. The molecule has 5 nitrogen and oxygen atoms in total. The summed E-state index contributed by atoms with van der Waals surface area (Å²) < 4.78 is 30.0. The van der Waals surface area contributed by atoms with Crippen molar-refractivity contribution in [2.24, 2.45) is 11.3 Å². The average Bonchev–Trinajstić information content (AvgIpc) is 2.44. The largest absolute Gasteiger partial charge is 0.494 e. The first kappa shape index (κ1) is 17.8. The Labute approximate surface area is 139 Å². The van der Waals surface area contributed by atoms with Gasteiger partial charge in [0.2, 0.25) is 0 Å². The summed E-state index contributed by atoms with van der Waals surface area (Å²) >= 11 is 0. The third kappa shape index (κ3) is 4.97. The maximum Gasteiger partial charge on any atom is 0.257 e. The molecule has 2 rings (SSSR count). The number of hydrogen-bond acceptors (Lipinski definition) is 4. The summed E-state index contributed by atoms with van der Waals surface area (Å²) in [5.41, 5.74) is 3.87. The number of rotatable bonds is 6. The Balaban J connectivity index is 2.05. The highest BCUT2D eigenvalue weighted by molar-refractivity contribution is 7.89. The summed E-state index contributed by atoms with van der Waals surface area (Å²) in [5.74, 6) is 1.18. The summed E-state index contributed by atoms with van der Waals surface area (Å²) in [6.07, 6.45) is 4.05. The minimum absolute atomic E-state index is 0.0740. The molecule has 0 unspecified atom stereocenters. The fraction of sp³-hybridized carbons (Fsp3) is 0.529. The second-order valence-corrected chi connectivity index (χ2v) is 8.49. The van der Waals surface area contributed by atoms with Crippen molar-refractivity contribution in [3.05, 3.63) is 36.0 Å². The number of benzene rings is 1. The Hall–Kier alpha value is -1.53. The molecule has 0 radical (unpaired) electrons. The molecule has 1 aliphatic carbocycles. The van der Waals surface area contributed by atoms with Gasteiger partial charge >= 0.3 is 0 Å². The van der Waals surface area contributed by atoms with E-state index in [2.05, 4.69) is 37.1 Å². The molecule has 0 amide bonds. The highest BCUT2D eigenvalue weighted by atomic mass is 32.2. The molecule has 1 aliphatic rings. The zero-order valence-corrected chi connectivity index (χ0v) is 15.0. The maximum atomic E-state index is 12.3. The van der Waals surface area contributed by atoms with Crippen LogP contribution in [-0.2, 0) is 10.0 Å². The van der Waals surface area contributed by atoms with E-state index in [9.17, 15) is 8.42 Å². The highest BCUT2D eigenvalue weighted by Gasteiger charge is 2.26. The van der Waals surface area contributed by atoms with Gasteiger partial charge in [-0.05, 0) is 55.4 Å². The molecular weight excluding hydrogens is 312 g/mol. The molecule has 1 aromatic carbocycles. The van der Waals surface area contributed by atoms with Crippen LogP contribution in [0.15, 0.2) is 40.9 Å². The fourth-order valence-electron chi connectivity index (χ4n) is 3.10. The third-order valence-electron chi connectivity index (χ3n) is 3.80. The molecule has 0 saturated heterocycles. The average molecular weight is 338 g/mol. The van der Waals surface area contributed by atoms with Gasteiger partial charge in [0.05, 0.1) is 11.5 Å². The predicted octanol–water partition coefficient (Wildman–Crippen LogP) is 3.21. The van der Waals surface area contributed by atoms with E-state index < -0.39 is 10.0 Å². The monoisotopic (exact) mass is 338 g/mol. The lowest BCUT2D eigenvalue weighted by Crippen LogP contribution is -2.39. The van der Waals surface area contributed by atoms with Crippen LogP contribution in [-0.4, -0.2) is 15.0 Å². The van der Waals surface area contributed by atoms with Crippen LogP contribution < -0.4 is 15.0 Å². The first-order valence-electron chi connectivity index (χ1n) is 7.94. The molecule has 0 spiro atoms. The molecule has 0 fully saturated rings. The Morgan fingerprint density at radius 2 is 1.91 bits per heavy atom. The fourth-order valence-corrected chi connectivity index (χ4v) is 3.97. The van der Waals surface area contributed by atoms with Gasteiger partial charge in [0.25, 0.3) is 10.0 Å². The number of ether oxygens (including phenoxy) is 1. The van der Waals surface area contributed by atoms with Crippen molar-refractivity contribution in [2.75, 3.05) is 6.61 Å². The number of allylic oxidation sites excluding steroid dienone is 2. The van der Waals surface area contributed by atoms with E-state index in [4.69, 9.17) is 4.74 Å². The SMILES string of the molecule is CCOc1ccc(S(=O)(=O)NNC2=CC(C)(C)C[C@@H](C)C2)cc1. The van der Waals surface area contributed by atoms with Crippen molar-refractivity contribution in [3.8, 4) is 5.75 Å². The Morgan fingerprint density at radius 3 is 2.48 bits per heavy atom. The second kappa shape index (κ2) is 6.93. The van der Waals surface area contributed by atoms with Gasteiger partial charge in [0.1, 0.15) is 5.75 Å². The lowest BCUT2D eigenvalue weighted by Gasteiger charge is -2.32. The van der Waals surface area contributed by atoms with Crippen LogP contribution in [0.5, 0.6) is 5.75 Å². The minimum Gasteiger partial charge on any atom is -0.494 e. The molecule has 128 valence electrons. The highest BCUT2D eigenvalue weighted by Crippen LogP contribution is 2.35. The van der Waals surface area contributed by atoms with E-state index in [0.717, 1.165) is 18.5 Å². The van der Waals surface area contributed by atoms with Crippen LogP contribution in [0.25, 0.3) is 0 Å². The van der Waals surface area contributed by atoms with Crippen molar-refractivity contribution in [2.45, 2.75) is 45.4 Å². The van der Waals surface area contributed by atoms with Gasteiger partial charge in [0, 0.05) is 5.70 Å². The zero-order valence-electron chi connectivity index (χ0n) is 14.2. The first-order chi connectivity index (χ1) is 10.7.